The summed E-state index contributed by atoms with van der Waals surface area (Å²) in [6.45, 7) is 3.74. The van der Waals surface area contributed by atoms with Crippen LogP contribution in [0, 0.1) is 0 Å². The van der Waals surface area contributed by atoms with E-state index in [0.29, 0.717) is 5.56 Å². The van der Waals surface area contributed by atoms with Crippen LogP contribution in [0.4, 0.5) is 0 Å². The second-order valence-electron chi connectivity index (χ2n) is 5.73. The monoisotopic (exact) mass is 395 g/mol. The van der Waals surface area contributed by atoms with Gasteiger partial charge in [0.15, 0.2) is 17.3 Å². The fourth-order valence-corrected chi connectivity index (χ4v) is 2.47. The molecule has 0 aliphatic rings. The van der Waals surface area contributed by atoms with Crippen LogP contribution in [0.1, 0.15) is 29.8 Å². The highest BCUT2D eigenvalue weighted by Crippen LogP contribution is 2.25. The molecule has 0 fully saturated rings. The Morgan fingerprint density at radius 1 is 1.00 bits per heavy atom. The zero-order valence-electron chi connectivity index (χ0n) is 13.6. The molecule has 5 nitrogen and oxygen atoms in total. The van der Waals surface area contributed by atoms with Gasteiger partial charge < -0.3 is 20.6 Å². The minimum Gasteiger partial charge on any atom is -0.508 e. The average molecular weight is 396 g/mol. The third-order valence-corrected chi connectivity index (χ3v) is 3.67. The first-order valence-electron chi connectivity index (χ1n) is 7.47. The Hall–Kier alpha value is -2.05. The van der Waals surface area contributed by atoms with E-state index in [-0.39, 0.29) is 46.1 Å². The van der Waals surface area contributed by atoms with Crippen molar-refractivity contribution in [3.63, 3.8) is 0 Å². The molecule has 0 radical (unpaired) electrons. The Balaban J connectivity index is 0.00000288. The predicted molar refractivity (Wildman–Crippen MR) is 98.3 cm³/mol. The van der Waals surface area contributed by atoms with E-state index in [1.165, 1.54) is 18.2 Å². The highest BCUT2D eigenvalue weighted by molar-refractivity contribution is 8.93. The number of ketones is 1. The number of carbonyl (C=O) groups is 1. The first kappa shape index (κ1) is 20.0. The van der Waals surface area contributed by atoms with Crippen molar-refractivity contribution in [2.24, 2.45) is 0 Å². The molecule has 2 atom stereocenters. The minimum absolute atomic E-state index is 0. The number of rotatable bonds is 6. The lowest BCUT2D eigenvalue weighted by Crippen LogP contribution is -2.41. The molecule has 4 N–H and O–H groups in total. The van der Waals surface area contributed by atoms with Gasteiger partial charge in [-0.1, -0.05) is 12.1 Å². The van der Waals surface area contributed by atoms with Crippen LogP contribution in [-0.4, -0.2) is 33.2 Å². The van der Waals surface area contributed by atoms with Gasteiger partial charge in [-0.05, 0) is 56.2 Å². The van der Waals surface area contributed by atoms with Crippen LogP contribution in [0.5, 0.6) is 17.2 Å². The Morgan fingerprint density at radius 2 is 1.62 bits per heavy atom. The number of halogens is 1. The molecular formula is C18H22BrNO4. The van der Waals surface area contributed by atoms with E-state index < -0.39 is 6.04 Å². The topological polar surface area (TPSA) is 89.8 Å². The van der Waals surface area contributed by atoms with Crippen molar-refractivity contribution in [2.75, 3.05) is 0 Å². The minimum atomic E-state index is -0.425. The van der Waals surface area contributed by atoms with Crippen molar-refractivity contribution in [1.82, 2.24) is 5.32 Å². The first-order chi connectivity index (χ1) is 10.9. The van der Waals surface area contributed by atoms with Gasteiger partial charge >= 0.3 is 0 Å². The number of carbonyl (C=O) groups excluding carboxylic acids is 1. The van der Waals surface area contributed by atoms with Crippen LogP contribution >= 0.6 is 17.0 Å². The van der Waals surface area contributed by atoms with Gasteiger partial charge in [0, 0.05) is 11.6 Å². The summed E-state index contributed by atoms with van der Waals surface area (Å²) >= 11 is 0. The highest BCUT2D eigenvalue weighted by Gasteiger charge is 2.18. The van der Waals surface area contributed by atoms with Crippen molar-refractivity contribution in [3.05, 3.63) is 53.6 Å². The van der Waals surface area contributed by atoms with Crippen molar-refractivity contribution < 1.29 is 20.1 Å². The van der Waals surface area contributed by atoms with E-state index in [4.69, 9.17) is 0 Å². The molecule has 0 spiro atoms. The third-order valence-electron chi connectivity index (χ3n) is 3.67. The first-order valence-corrected chi connectivity index (χ1v) is 7.47. The van der Waals surface area contributed by atoms with Gasteiger partial charge in [-0.25, -0.2) is 0 Å². The van der Waals surface area contributed by atoms with Crippen LogP contribution in [0.25, 0.3) is 0 Å². The SMILES string of the molecule is Br.CC(Cc1ccc(O)cc1)NC(C)C(=O)c1ccc(O)c(O)c1. The normalized spacial score (nSPS) is 12.9. The lowest BCUT2D eigenvalue weighted by atomic mass is 10.0. The van der Waals surface area contributed by atoms with Crippen molar-refractivity contribution in [1.29, 1.82) is 0 Å². The summed E-state index contributed by atoms with van der Waals surface area (Å²) in [4.78, 5) is 12.4. The van der Waals surface area contributed by atoms with Crippen molar-refractivity contribution in [3.8, 4) is 17.2 Å². The summed E-state index contributed by atoms with van der Waals surface area (Å²) in [6, 6.07) is 10.6. The third kappa shape index (κ3) is 5.25. The van der Waals surface area contributed by atoms with E-state index in [2.05, 4.69) is 5.32 Å². The molecule has 6 heteroatoms. The molecule has 0 bridgehead atoms. The molecular weight excluding hydrogens is 374 g/mol. The van der Waals surface area contributed by atoms with E-state index in [1.807, 2.05) is 19.1 Å². The fourth-order valence-electron chi connectivity index (χ4n) is 2.47. The number of aromatic hydroxyl groups is 3. The largest absolute Gasteiger partial charge is 0.508 e. The summed E-state index contributed by atoms with van der Waals surface area (Å²) in [7, 11) is 0. The lowest BCUT2D eigenvalue weighted by molar-refractivity contribution is 0.0945. The zero-order valence-corrected chi connectivity index (χ0v) is 15.3. The zero-order chi connectivity index (χ0) is 17.0. The van der Waals surface area contributed by atoms with Gasteiger partial charge in [0.2, 0.25) is 0 Å². The maximum Gasteiger partial charge on any atom is 0.179 e. The van der Waals surface area contributed by atoms with Gasteiger partial charge in [0.1, 0.15) is 5.75 Å². The number of benzene rings is 2. The standard InChI is InChI=1S/C18H21NO4.BrH/c1-11(9-13-3-6-15(20)7-4-13)19-12(2)18(23)14-5-8-16(21)17(22)10-14;/h3-8,10-12,19-22H,9H2,1-2H3;1H. The smallest absolute Gasteiger partial charge is 0.179 e. The summed E-state index contributed by atoms with van der Waals surface area (Å²) in [5.74, 6) is -0.481. The number of phenolic OH excluding ortho intramolecular Hbond substituents is 3. The quantitative estimate of drug-likeness (QED) is 0.445. The van der Waals surface area contributed by atoms with E-state index in [0.717, 1.165) is 12.0 Å². The van der Waals surface area contributed by atoms with Crippen molar-refractivity contribution >= 4 is 22.8 Å². The molecule has 0 saturated heterocycles. The van der Waals surface area contributed by atoms with Gasteiger partial charge in [0.05, 0.1) is 6.04 Å². The van der Waals surface area contributed by atoms with Gasteiger partial charge in [-0.15, -0.1) is 17.0 Å². The number of phenols is 3. The predicted octanol–water partition coefficient (Wildman–Crippen LogP) is 3.17. The molecule has 0 amide bonds. The second-order valence-corrected chi connectivity index (χ2v) is 5.73. The molecule has 0 aromatic heterocycles. The molecule has 0 aliphatic carbocycles. The van der Waals surface area contributed by atoms with Gasteiger partial charge in [-0.3, -0.25) is 4.79 Å². The Kier molecular flexibility index (Phi) is 7.25. The van der Waals surface area contributed by atoms with Gasteiger partial charge in [0.25, 0.3) is 0 Å². The Morgan fingerprint density at radius 3 is 2.21 bits per heavy atom. The maximum atomic E-state index is 12.4. The molecule has 2 rings (SSSR count). The highest BCUT2D eigenvalue weighted by atomic mass is 79.9. The second kappa shape index (κ2) is 8.70. The summed E-state index contributed by atoms with van der Waals surface area (Å²) in [5, 5.41) is 31.3. The molecule has 0 saturated carbocycles. The van der Waals surface area contributed by atoms with Gasteiger partial charge in [-0.2, -0.15) is 0 Å². The number of nitrogens with one attached hydrogen (secondary N) is 1. The molecule has 0 heterocycles. The van der Waals surface area contributed by atoms with Crippen LogP contribution in [0.15, 0.2) is 42.5 Å². The van der Waals surface area contributed by atoms with Crippen LogP contribution in [0.3, 0.4) is 0 Å². The van der Waals surface area contributed by atoms with Crippen LogP contribution in [-0.2, 0) is 6.42 Å². The van der Waals surface area contributed by atoms with Crippen molar-refractivity contribution in [2.45, 2.75) is 32.4 Å². The summed E-state index contributed by atoms with van der Waals surface area (Å²) < 4.78 is 0. The molecule has 0 aliphatic heterocycles. The molecule has 2 aromatic carbocycles. The number of hydrogen-bond donors (Lipinski definition) is 4. The van der Waals surface area contributed by atoms with E-state index in [9.17, 15) is 20.1 Å². The van der Waals surface area contributed by atoms with Crippen LogP contribution < -0.4 is 5.32 Å². The number of hydrogen-bond acceptors (Lipinski definition) is 5. The maximum absolute atomic E-state index is 12.4. The van der Waals surface area contributed by atoms with E-state index in [1.54, 1.807) is 19.1 Å². The summed E-state index contributed by atoms with van der Waals surface area (Å²) in [5.41, 5.74) is 1.40. The molecule has 2 aromatic rings. The fraction of sp³-hybridized carbons (Fsp3) is 0.278. The molecule has 24 heavy (non-hydrogen) atoms. The Labute approximate surface area is 151 Å². The number of Topliss-reactive ketones (excluding diaryl/α,β-unsaturated/α-hetero) is 1. The lowest BCUT2D eigenvalue weighted by Gasteiger charge is -2.19. The summed E-state index contributed by atoms with van der Waals surface area (Å²) in [6.07, 6.45) is 0.721. The molecule has 2 unspecified atom stereocenters. The average Bonchev–Trinajstić information content (AvgIpc) is 2.51. The Bertz CT molecular complexity index is 688. The van der Waals surface area contributed by atoms with Crippen LogP contribution in [0.2, 0.25) is 0 Å². The van der Waals surface area contributed by atoms with E-state index >= 15 is 0 Å². The molecule has 130 valence electrons.